The van der Waals surface area contributed by atoms with Crippen molar-refractivity contribution in [1.29, 1.82) is 5.26 Å². The molecule has 1 rings (SSSR count). The van der Waals surface area contributed by atoms with Gasteiger partial charge in [0, 0.05) is 24.7 Å². The van der Waals surface area contributed by atoms with Gasteiger partial charge in [0.2, 0.25) is 5.91 Å². The fourth-order valence-electron chi connectivity index (χ4n) is 1.64. The third-order valence-electron chi connectivity index (χ3n) is 3.10. The number of hydrogen-bond donors (Lipinski definition) is 2. The van der Waals surface area contributed by atoms with Crippen LogP contribution in [0.3, 0.4) is 0 Å². The topological polar surface area (TPSA) is 82.2 Å². The van der Waals surface area contributed by atoms with Crippen LogP contribution < -0.4 is 11.1 Å². The Balaban J connectivity index is 2.48. The Kier molecular flexibility index (Phi) is 5.94. The summed E-state index contributed by atoms with van der Waals surface area (Å²) < 4.78 is 13.4. The number of amides is 1. The second kappa shape index (κ2) is 7.46. The average Bonchev–Trinajstić information content (AvgIpc) is 2.40. The third-order valence-corrected chi connectivity index (χ3v) is 3.10. The minimum Gasteiger partial charge on any atom is -0.399 e. The number of benzene rings is 1. The number of nitrogen functional groups attached to an aromatic ring is 1. The first-order valence-corrected chi connectivity index (χ1v) is 6.36. The van der Waals surface area contributed by atoms with E-state index < -0.39 is 5.82 Å². The second-order valence-electron chi connectivity index (χ2n) is 4.73. The smallest absolute Gasteiger partial charge is 0.225 e. The number of halogens is 1. The van der Waals surface area contributed by atoms with Crippen molar-refractivity contribution in [2.45, 2.75) is 25.8 Å². The molecule has 0 aliphatic carbocycles. The fraction of sp³-hybridized carbons (Fsp3) is 0.429. The van der Waals surface area contributed by atoms with Crippen LogP contribution in [0.5, 0.6) is 0 Å². The quantitative estimate of drug-likeness (QED) is 0.779. The van der Waals surface area contributed by atoms with E-state index in [0.717, 1.165) is 0 Å². The molecular formula is C14H19FN4O. The number of carbonyl (C=O) groups excluding carboxylic acids is 1. The van der Waals surface area contributed by atoms with E-state index in [4.69, 9.17) is 11.0 Å². The van der Waals surface area contributed by atoms with Gasteiger partial charge in [-0.15, -0.1) is 0 Å². The standard InChI is InChI=1S/C14H19FN4O/c1-10(5-7-16)19(2)8-6-14(20)18-13-9-11(17)3-4-12(13)15/h3-4,9-10H,5-6,8,17H2,1-2H3,(H,18,20). The van der Waals surface area contributed by atoms with Crippen molar-refractivity contribution in [3.05, 3.63) is 24.0 Å². The Hall–Kier alpha value is -2.13. The van der Waals surface area contributed by atoms with Crippen LogP contribution >= 0.6 is 0 Å². The molecule has 0 spiro atoms. The lowest BCUT2D eigenvalue weighted by Crippen LogP contribution is -2.31. The molecule has 0 radical (unpaired) electrons. The lowest BCUT2D eigenvalue weighted by atomic mass is 10.2. The zero-order valence-corrected chi connectivity index (χ0v) is 11.7. The van der Waals surface area contributed by atoms with E-state index in [0.29, 0.717) is 18.7 Å². The molecule has 0 aliphatic rings. The van der Waals surface area contributed by atoms with Gasteiger partial charge >= 0.3 is 0 Å². The number of hydrogen-bond acceptors (Lipinski definition) is 4. The Morgan fingerprint density at radius 3 is 2.95 bits per heavy atom. The van der Waals surface area contributed by atoms with Gasteiger partial charge in [-0.2, -0.15) is 5.26 Å². The van der Waals surface area contributed by atoms with Gasteiger partial charge in [-0.25, -0.2) is 4.39 Å². The number of anilines is 2. The maximum absolute atomic E-state index is 13.4. The van der Waals surface area contributed by atoms with Gasteiger partial charge in [0.25, 0.3) is 0 Å². The molecule has 1 aromatic rings. The van der Waals surface area contributed by atoms with Crippen LogP contribution in [0.1, 0.15) is 19.8 Å². The van der Waals surface area contributed by atoms with E-state index in [9.17, 15) is 9.18 Å². The zero-order valence-electron chi connectivity index (χ0n) is 11.7. The molecule has 0 saturated heterocycles. The van der Waals surface area contributed by atoms with Crippen LogP contribution in [0.2, 0.25) is 0 Å². The van der Waals surface area contributed by atoms with Gasteiger partial charge in [-0.05, 0) is 32.2 Å². The van der Waals surface area contributed by atoms with E-state index in [2.05, 4.69) is 11.4 Å². The number of rotatable bonds is 6. The first kappa shape index (κ1) is 15.9. The van der Waals surface area contributed by atoms with Crippen LogP contribution in [0, 0.1) is 17.1 Å². The van der Waals surface area contributed by atoms with Gasteiger partial charge in [-0.3, -0.25) is 4.79 Å². The molecule has 1 amide bonds. The Bertz CT molecular complexity index is 512. The summed E-state index contributed by atoms with van der Waals surface area (Å²) >= 11 is 0. The van der Waals surface area contributed by atoms with E-state index in [-0.39, 0.29) is 24.1 Å². The maximum atomic E-state index is 13.4. The Labute approximate surface area is 118 Å². The lowest BCUT2D eigenvalue weighted by molar-refractivity contribution is -0.116. The molecule has 0 aliphatic heterocycles. The van der Waals surface area contributed by atoms with Crippen molar-refractivity contribution in [2.24, 2.45) is 0 Å². The van der Waals surface area contributed by atoms with E-state index in [1.165, 1.54) is 18.2 Å². The predicted molar refractivity (Wildman–Crippen MR) is 76.4 cm³/mol. The monoisotopic (exact) mass is 278 g/mol. The van der Waals surface area contributed by atoms with Crippen LogP contribution in [0.15, 0.2) is 18.2 Å². The van der Waals surface area contributed by atoms with E-state index in [1.54, 1.807) is 0 Å². The maximum Gasteiger partial charge on any atom is 0.225 e. The highest BCUT2D eigenvalue weighted by Gasteiger charge is 2.12. The molecule has 0 heterocycles. The SMILES string of the molecule is CC(CC#N)N(C)CCC(=O)Nc1cc(N)ccc1F. The summed E-state index contributed by atoms with van der Waals surface area (Å²) in [5.74, 6) is -0.802. The molecule has 1 aromatic carbocycles. The van der Waals surface area contributed by atoms with Crippen molar-refractivity contribution in [3.8, 4) is 6.07 Å². The summed E-state index contributed by atoms with van der Waals surface area (Å²) in [7, 11) is 1.84. The number of carbonyl (C=O) groups is 1. The first-order valence-electron chi connectivity index (χ1n) is 6.36. The number of nitrogens with zero attached hydrogens (tertiary/aromatic N) is 2. The van der Waals surface area contributed by atoms with Crippen molar-refractivity contribution in [1.82, 2.24) is 4.90 Å². The van der Waals surface area contributed by atoms with Gasteiger partial charge in [0.1, 0.15) is 5.82 Å². The molecule has 0 aromatic heterocycles. The largest absolute Gasteiger partial charge is 0.399 e. The molecule has 3 N–H and O–H groups in total. The summed E-state index contributed by atoms with van der Waals surface area (Å²) in [5, 5.41) is 11.1. The lowest BCUT2D eigenvalue weighted by Gasteiger charge is -2.22. The van der Waals surface area contributed by atoms with Crippen LogP contribution in [-0.2, 0) is 4.79 Å². The Morgan fingerprint density at radius 2 is 2.30 bits per heavy atom. The summed E-state index contributed by atoms with van der Waals surface area (Å²) in [5.41, 5.74) is 6.02. The third kappa shape index (κ3) is 4.86. The van der Waals surface area contributed by atoms with Gasteiger partial charge in [0.15, 0.2) is 0 Å². The average molecular weight is 278 g/mol. The van der Waals surface area contributed by atoms with E-state index >= 15 is 0 Å². The second-order valence-corrected chi connectivity index (χ2v) is 4.73. The van der Waals surface area contributed by atoms with Crippen molar-refractivity contribution < 1.29 is 9.18 Å². The molecule has 0 bridgehead atoms. The molecule has 5 nitrogen and oxygen atoms in total. The number of nitrogens with one attached hydrogen (secondary N) is 1. The predicted octanol–water partition coefficient (Wildman–Crippen LogP) is 1.97. The minimum absolute atomic E-state index is 0.0805. The fourth-order valence-corrected chi connectivity index (χ4v) is 1.64. The van der Waals surface area contributed by atoms with Crippen molar-refractivity contribution in [3.63, 3.8) is 0 Å². The molecule has 1 atom stereocenters. The number of nitriles is 1. The molecule has 108 valence electrons. The van der Waals surface area contributed by atoms with Crippen LogP contribution in [-0.4, -0.2) is 30.4 Å². The van der Waals surface area contributed by atoms with Crippen LogP contribution in [0.25, 0.3) is 0 Å². The molecule has 6 heteroatoms. The Morgan fingerprint density at radius 1 is 1.60 bits per heavy atom. The molecule has 1 unspecified atom stereocenters. The van der Waals surface area contributed by atoms with Gasteiger partial charge in [-0.1, -0.05) is 0 Å². The summed E-state index contributed by atoms with van der Waals surface area (Å²) in [6.45, 7) is 2.41. The summed E-state index contributed by atoms with van der Waals surface area (Å²) in [6.07, 6.45) is 0.627. The molecule has 20 heavy (non-hydrogen) atoms. The van der Waals surface area contributed by atoms with Gasteiger partial charge in [0.05, 0.1) is 18.2 Å². The molecule has 0 saturated carbocycles. The number of nitrogens with two attached hydrogens (primary N) is 1. The summed E-state index contributed by atoms with van der Waals surface area (Å²) in [4.78, 5) is 13.7. The van der Waals surface area contributed by atoms with Crippen molar-refractivity contribution >= 4 is 17.3 Å². The minimum atomic E-state index is -0.515. The van der Waals surface area contributed by atoms with Crippen molar-refractivity contribution in [2.75, 3.05) is 24.6 Å². The highest BCUT2D eigenvalue weighted by molar-refractivity contribution is 5.91. The summed E-state index contributed by atoms with van der Waals surface area (Å²) in [6, 6.07) is 6.20. The molecule has 0 fully saturated rings. The molecular weight excluding hydrogens is 259 g/mol. The van der Waals surface area contributed by atoms with Crippen LogP contribution in [0.4, 0.5) is 15.8 Å². The highest BCUT2D eigenvalue weighted by Crippen LogP contribution is 2.17. The van der Waals surface area contributed by atoms with E-state index in [1.807, 2.05) is 18.9 Å². The van der Waals surface area contributed by atoms with Gasteiger partial charge < -0.3 is 16.0 Å². The first-order chi connectivity index (χ1) is 9.43. The normalized spacial score (nSPS) is 11.9. The zero-order chi connectivity index (χ0) is 15.1. The highest BCUT2D eigenvalue weighted by atomic mass is 19.1.